The molecule has 0 spiro atoms. The highest BCUT2D eigenvalue weighted by atomic mass is 16.6. The number of fused-ring (bicyclic) bond motifs is 1. The molecule has 0 aromatic carbocycles. The van der Waals surface area contributed by atoms with E-state index in [9.17, 15) is 10.1 Å². The molecule has 11 nitrogen and oxygen atoms in total. The highest BCUT2D eigenvalue weighted by Gasteiger charge is 2.24. The SMILES string of the molecule is Cn1nc([N+](=O)[O-])c2c(N=[N+]=[N-])nnnc21. The molecule has 2 aromatic heterocycles. The van der Waals surface area contributed by atoms with E-state index in [1.165, 1.54) is 11.7 Å². The molecule has 0 aliphatic rings. The summed E-state index contributed by atoms with van der Waals surface area (Å²) in [6.45, 7) is 0. The Kier molecular flexibility index (Phi) is 2.07. The first kappa shape index (κ1) is 9.73. The number of hydrogen-bond acceptors (Lipinski definition) is 7. The van der Waals surface area contributed by atoms with Crippen molar-refractivity contribution in [2.75, 3.05) is 0 Å². The lowest BCUT2D eigenvalue weighted by molar-refractivity contribution is -0.388. The van der Waals surface area contributed by atoms with Crippen molar-refractivity contribution in [2.24, 2.45) is 12.2 Å². The Morgan fingerprint density at radius 3 is 2.94 bits per heavy atom. The standard InChI is InChI=1S/C5H3N9O2/c1-13-4-2(5(10-13)14(15)16)3(7-11-6)8-12-9-4/h1H3. The number of nitrogens with zero attached hydrogens (tertiary/aromatic N) is 9. The summed E-state index contributed by atoms with van der Waals surface area (Å²) in [4.78, 5) is 12.5. The minimum atomic E-state index is -0.706. The molecule has 0 atom stereocenters. The van der Waals surface area contributed by atoms with Gasteiger partial charge >= 0.3 is 5.82 Å². The molecule has 0 fully saturated rings. The van der Waals surface area contributed by atoms with Gasteiger partial charge in [-0.25, -0.2) is 0 Å². The monoisotopic (exact) mass is 221 g/mol. The number of aryl methyl sites for hydroxylation is 1. The summed E-state index contributed by atoms with van der Waals surface area (Å²) in [5.41, 5.74) is 8.42. The average molecular weight is 221 g/mol. The molecule has 0 N–H and O–H groups in total. The Balaban J connectivity index is 2.93. The van der Waals surface area contributed by atoms with Gasteiger partial charge in [-0.15, -0.1) is 10.2 Å². The van der Waals surface area contributed by atoms with Crippen LogP contribution in [0.2, 0.25) is 0 Å². The third-order valence-electron chi connectivity index (χ3n) is 1.81. The Hall–Kier alpha value is -2.81. The summed E-state index contributed by atoms with van der Waals surface area (Å²) < 4.78 is 1.17. The van der Waals surface area contributed by atoms with Gasteiger partial charge in [0, 0.05) is 4.91 Å². The van der Waals surface area contributed by atoms with Crippen LogP contribution in [0, 0.1) is 10.1 Å². The van der Waals surface area contributed by atoms with E-state index in [2.05, 4.69) is 30.5 Å². The summed E-state index contributed by atoms with van der Waals surface area (Å²) in [6, 6.07) is 0. The van der Waals surface area contributed by atoms with Crippen molar-refractivity contribution in [3.05, 3.63) is 20.6 Å². The molecule has 2 rings (SSSR count). The fraction of sp³-hybridized carbons (Fsp3) is 0.200. The van der Waals surface area contributed by atoms with E-state index < -0.39 is 10.7 Å². The second kappa shape index (κ2) is 3.40. The van der Waals surface area contributed by atoms with Gasteiger partial charge in [0.05, 0.1) is 12.1 Å². The lowest BCUT2D eigenvalue weighted by Crippen LogP contribution is -1.94. The van der Waals surface area contributed by atoms with Crippen LogP contribution >= 0.6 is 0 Å². The molecule has 0 aliphatic heterocycles. The minimum Gasteiger partial charge on any atom is -0.358 e. The normalized spacial score (nSPS) is 10.1. The van der Waals surface area contributed by atoms with Gasteiger partial charge in [-0.3, -0.25) is 0 Å². The van der Waals surface area contributed by atoms with Crippen molar-refractivity contribution >= 4 is 22.7 Å². The van der Waals surface area contributed by atoms with Crippen molar-refractivity contribution in [1.82, 2.24) is 25.2 Å². The highest BCUT2D eigenvalue weighted by Crippen LogP contribution is 2.29. The van der Waals surface area contributed by atoms with Crippen LogP contribution < -0.4 is 0 Å². The van der Waals surface area contributed by atoms with Gasteiger partial charge < -0.3 is 10.1 Å². The molecule has 0 amide bonds. The topological polar surface area (TPSA) is 148 Å². The van der Waals surface area contributed by atoms with Crippen LogP contribution in [0.15, 0.2) is 5.11 Å². The molecule has 16 heavy (non-hydrogen) atoms. The average Bonchev–Trinajstić information content (AvgIpc) is 2.58. The third-order valence-corrected chi connectivity index (χ3v) is 1.81. The van der Waals surface area contributed by atoms with Crippen LogP contribution in [-0.2, 0) is 7.05 Å². The molecule has 0 bridgehead atoms. The summed E-state index contributed by atoms with van der Waals surface area (Å²) >= 11 is 0. The maximum absolute atomic E-state index is 10.7. The zero-order valence-corrected chi connectivity index (χ0v) is 7.84. The Labute approximate surface area is 86.5 Å². The van der Waals surface area contributed by atoms with Gasteiger partial charge in [0.1, 0.15) is 0 Å². The number of azide groups is 1. The van der Waals surface area contributed by atoms with Crippen LogP contribution in [0.4, 0.5) is 11.6 Å². The Morgan fingerprint density at radius 2 is 2.31 bits per heavy atom. The van der Waals surface area contributed by atoms with Gasteiger partial charge in [-0.2, -0.15) is 4.68 Å². The highest BCUT2D eigenvalue weighted by molar-refractivity contribution is 5.92. The van der Waals surface area contributed by atoms with Crippen molar-refractivity contribution < 1.29 is 4.92 Å². The molecule has 2 heterocycles. The number of hydrogen-bond donors (Lipinski definition) is 0. The lowest BCUT2D eigenvalue weighted by atomic mass is 10.4. The van der Waals surface area contributed by atoms with E-state index in [1.807, 2.05) is 0 Å². The molecule has 80 valence electrons. The molecule has 2 aromatic rings. The first-order valence-electron chi connectivity index (χ1n) is 3.90. The second-order valence-corrected chi connectivity index (χ2v) is 2.71. The van der Waals surface area contributed by atoms with Gasteiger partial charge in [0.2, 0.25) is 5.65 Å². The predicted octanol–water partition coefficient (Wildman–Crippen LogP) is 0.608. The van der Waals surface area contributed by atoms with E-state index in [-0.39, 0.29) is 16.9 Å². The molecule has 0 radical (unpaired) electrons. The number of aromatic nitrogens is 5. The van der Waals surface area contributed by atoms with Crippen LogP contribution in [0.25, 0.3) is 21.5 Å². The Bertz CT molecular complexity index is 624. The first-order chi connectivity index (χ1) is 7.65. The lowest BCUT2D eigenvalue weighted by Gasteiger charge is -1.91. The fourth-order valence-electron chi connectivity index (χ4n) is 1.21. The van der Waals surface area contributed by atoms with E-state index in [1.54, 1.807) is 0 Å². The van der Waals surface area contributed by atoms with E-state index in [0.29, 0.717) is 0 Å². The smallest absolute Gasteiger partial charge is 0.358 e. The van der Waals surface area contributed by atoms with Gasteiger partial charge in [0.25, 0.3) is 0 Å². The second-order valence-electron chi connectivity index (χ2n) is 2.71. The summed E-state index contributed by atoms with van der Waals surface area (Å²) in [5.74, 6) is -0.686. The van der Waals surface area contributed by atoms with Gasteiger partial charge in [-0.1, -0.05) is 0 Å². The minimum absolute atomic E-state index is 0.0275. The van der Waals surface area contributed by atoms with Gasteiger partial charge in [0.15, 0.2) is 11.2 Å². The fourth-order valence-corrected chi connectivity index (χ4v) is 1.21. The third kappa shape index (κ3) is 1.27. The first-order valence-corrected chi connectivity index (χ1v) is 3.90. The van der Waals surface area contributed by atoms with Crippen molar-refractivity contribution in [3.8, 4) is 0 Å². The number of nitro groups is 1. The number of rotatable bonds is 2. The van der Waals surface area contributed by atoms with Crippen LogP contribution in [-0.4, -0.2) is 30.1 Å². The van der Waals surface area contributed by atoms with Crippen LogP contribution in [0.1, 0.15) is 0 Å². The van der Waals surface area contributed by atoms with Crippen molar-refractivity contribution in [3.63, 3.8) is 0 Å². The predicted molar refractivity (Wildman–Crippen MR) is 49.6 cm³/mol. The molecule has 11 heteroatoms. The van der Waals surface area contributed by atoms with Crippen molar-refractivity contribution in [2.45, 2.75) is 0 Å². The van der Waals surface area contributed by atoms with E-state index in [0.717, 1.165) is 0 Å². The molecule has 0 saturated heterocycles. The molecule has 0 saturated carbocycles. The molecular weight excluding hydrogens is 218 g/mol. The summed E-state index contributed by atoms with van der Waals surface area (Å²) in [7, 11) is 1.46. The van der Waals surface area contributed by atoms with Crippen LogP contribution in [0.5, 0.6) is 0 Å². The Morgan fingerprint density at radius 1 is 1.56 bits per heavy atom. The summed E-state index contributed by atoms with van der Waals surface area (Å²) in [5, 5.41) is 27.8. The van der Waals surface area contributed by atoms with Crippen LogP contribution in [0.3, 0.4) is 0 Å². The largest absolute Gasteiger partial charge is 0.401 e. The van der Waals surface area contributed by atoms with E-state index >= 15 is 0 Å². The zero-order valence-electron chi connectivity index (χ0n) is 7.84. The summed E-state index contributed by atoms with van der Waals surface area (Å²) in [6.07, 6.45) is 0. The molecular formula is C5H3N9O2. The zero-order chi connectivity index (χ0) is 11.7. The molecule has 0 aliphatic carbocycles. The van der Waals surface area contributed by atoms with Crippen molar-refractivity contribution in [1.29, 1.82) is 0 Å². The maximum Gasteiger partial charge on any atom is 0.401 e. The quantitative estimate of drug-likeness (QED) is 0.238. The maximum atomic E-state index is 10.7. The van der Waals surface area contributed by atoms with Gasteiger partial charge in [-0.05, 0) is 20.8 Å². The van der Waals surface area contributed by atoms with E-state index in [4.69, 9.17) is 5.53 Å². The molecule has 0 unspecified atom stereocenters.